The highest BCUT2D eigenvalue weighted by molar-refractivity contribution is 7.41. The van der Waals surface area contributed by atoms with E-state index in [-0.39, 0.29) is 5.41 Å². The lowest BCUT2D eigenvalue weighted by Gasteiger charge is -2.23. The molecule has 4 heteroatoms. The predicted molar refractivity (Wildman–Crippen MR) is 116 cm³/mol. The van der Waals surface area contributed by atoms with E-state index in [0.29, 0.717) is 11.5 Å². The van der Waals surface area contributed by atoms with Crippen molar-refractivity contribution in [1.82, 2.24) is 0 Å². The molecule has 0 aliphatic rings. The first-order valence-corrected chi connectivity index (χ1v) is 10.5. The standard InChI is InChI=1S/C24H27O3P/c1-18-11-5-6-12-19(18)17-20-13-7-9-15-22(20)26-28(25)27-23-16-10-8-14-21(23)24(2,3)4/h5-16,25H,17H2,1-4H3. The van der Waals surface area contributed by atoms with E-state index in [0.717, 1.165) is 17.5 Å². The summed E-state index contributed by atoms with van der Waals surface area (Å²) in [6, 6.07) is 23.8. The third kappa shape index (κ3) is 5.13. The van der Waals surface area contributed by atoms with Crippen LogP contribution in [0.5, 0.6) is 11.5 Å². The highest BCUT2D eigenvalue weighted by Gasteiger charge is 2.22. The molecule has 0 bridgehead atoms. The summed E-state index contributed by atoms with van der Waals surface area (Å²) in [5.74, 6) is 1.30. The molecule has 1 atom stereocenters. The molecule has 3 rings (SSSR count). The lowest BCUT2D eigenvalue weighted by Crippen LogP contribution is -2.12. The SMILES string of the molecule is Cc1ccccc1Cc1ccccc1OP(O)Oc1ccccc1C(C)(C)C. The molecule has 28 heavy (non-hydrogen) atoms. The van der Waals surface area contributed by atoms with Crippen LogP contribution in [0.15, 0.2) is 72.8 Å². The van der Waals surface area contributed by atoms with E-state index in [1.54, 1.807) is 0 Å². The van der Waals surface area contributed by atoms with Crippen LogP contribution in [0.3, 0.4) is 0 Å². The first-order chi connectivity index (χ1) is 13.3. The Morgan fingerprint density at radius 2 is 1.29 bits per heavy atom. The summed E-state index contributed by atoms with van der Waals surface area (Å²) in [7, 11) is -2.09. The second kappa shape index (κ2) is 8.77. The van der Waals surface area contributed by atoms with Crippen molar-refractivity contribution in [2.75, 3.05) is 0 Å². The van der Waals surface area contributed by atoms with Gasteiger partial charge in [0.15, 0.2) is 0 Å². The average Bonchev–Trinajstić information content (AvgIpc) is 2.64. The van der Waals surface area contributed by atoms with Crippen LogP contribution in [0.25, 0.3) is 0 Å². The lowest BCUT2D eigenvalue weighted by atomic mass is 9.86. The molecule has 0 aliphatic heterocycles. The molecule has 3 aromatic carbocycles. The van der Waals surface area contributed by atoms with Crippen molar-refractivity contribution in [1.29, 1.82) is 0 Å². The third-order valence-corrected chi connectivity index (χ3v) is 5.37. The molecular formula is C24H27O3P. The normalized spacial score (nSPS) is 12.5. The van der Waals surface area contributed by atoms with Crippen LogP contribution in [0.1, 0.15) is 43.0 Å². The van der Waals surface area contributed by atoms with Gasteiger partial charge in [0.1, 0.15) is 11.5 Å². The minimum Gasteiger partial charge on any atom is -0.418 e. The van der Waals surface area contributed by atoms with Crippen LogP contribution >= 0.6 is 8.60 Å². The molecule has 0 aliphatic carbocycles. The molecular weight excluding hydrogens is 367 g/mol. The van der Waals surface area contributed by atoms with E-state index in [2.05, 4.69) is 39.8 Å². The summed E-state index contributed by atoms with van der Waals surface area (Å²) in [6.07, 6.45) is 0.741. The molecule has 1 N–H and O–H groups in total. The number of rotatable bonds is 6. The Hall–Kier alpha value is -2.35. The molecule has 0 heterocycles. The van der Waals surface area contributed by atoms with Gasteiger partial charge in [0.25, 0.3) is 0 Å². The van der Waals surface area contributed by atoms with Crippen LogP contribution in [0.2, 0.25) is 0 Å². The second-order valence-electron chi connectivity index (χ2n) is 7.88. The van der Waals surface area contributed by atoms with Gasteiger partial charge in [0.05, 0.1) is 0 Å². The van der Waals surface area contributed by atoms with Gasteiger partial charge in [0, 0.05) is 12.0 Å². The van der Waals surface area contributed by atoms with Crippen molar-refractivity contribution in [3.63, 3.8) is 0 Å². The maximum absolute atomic E-state index is 10.5. The van der Waals surface area contributed by atoms with Crippen molar-refractivity contribution in [3.8, 4) is 11.5 Å². The summed E-state index contributed by atoms with van der Waals surface area (Å²) in [4.78, 5) is 10.5. The summed E-state index contributed by atoms with van der Waals surface area (Å²) in [5.41, 5.74) is 4.44. The van der Waals surface area contributed by atoms with Gasteiger partial charge in [0.2, 0.25) is 0 Å². The monoisotopic (exact) mass is 394 g/mol. The Kier molecular flexibility index (Phi) is 6.39. The van der Waals surface area contributed by atoms with Crippen molar-refractivity contribution in [2.24, 2.45) is 0 Å². The van der Waals surface area contributed by atoms with Gasteiger partial charge in [-0.05, 0) is 41.2 Å². The summed E-state index contributed by atoms with van der Waals surface area (Å²) in [5, 5.41) is 0. The molecule has 0 spiro atoms. The fourth-order valence-corrected chi connectivity index (χ4v) is 3.82. The highest BCUT2D eigenvalue weighted by Crippen LogP contribution is 2.42. The first kappa shape index (κ1) is 20.4. The van der Waals surface area contributed by atoms with E-state index in [9.17, 15) is 4.89 Å². The first-order valence-electron chi connectivity index (χ1n) is 9.41. The smallest absolute Gasteiger partial charge is 0.418 e. The van der Waals surface area contributed by atoms with Crippen molar-refractivity contribution in [2.45, 2.75) is 39.5 Å². The number of aryl methyl sites for hydroxylation is 1. The van der Waals surface area contributed by atoms with E-state index >= 15 is 0 Å². The Morgan fingerprint density at radius 1 is 0.750 bits per heavy atom. The van der Waals surface area contributed by atoms with Crippen LogP contribution < -0.4 is 9.05 Å². The van der Waals surface area contributed by atoms with Gasteiger partial charge < -0.3 is 13.9 Å². The van der Waals surface area contributed by atoms with Gasteiger partial charge in [-0.1, -0.05) is 81.4 Å². The van der Waals surface area contributed by atoms with Crippen LogP contribution in [0.4, 0.5) is 0 Å². The maximum Gasteiger partial charge on any atom is 0.460 e. The Morgan fingerprint density at radius 3 is 1.96 bits per heavy atom. The third-order valence-electron chi connectivity index (χ3n) is 4.66. The van der Waals surface area contributed by atoms with E-state index < -0.39 is 8.60 Å². The predicted octanol–water partition coefficient (Wildman–Crippen LogP) is 6.56. The zero-order valence-corrected chi connectivity index (χ0v) is 17.7. The molecule has 0 amide bonds. The Bertz CT molecular complexity index is 931. The quantitative estimate of drug-likeness (QED) is 0.481. The minimum absolute atomic E-state index is 0.0878. The highest BCUT2D eigenvalue weighted by atomic mass is 31.2. The molecule has 3 aromatic rings. The van der Waals surface area contributed by atoms with Crippen LogP contribution in [0, 0.1) is 6.92 Å². The zero-order chi connectivity index (χ0) is 20.1. The topological polar surface area (TPSA) is 38.7 Å². The second-order valence-corrected chi connectivity index (χ2v) is 8.72. The van der Waals surface area contributed by atoms with Gasteiger partial charge in [-0.3, -0.25) is 0 Å². The van der Waals surface area contributed by atoms with E-state index in [1.807, 2.05) is 60.7 Å². The lowest BCUT2D eigenvalue weighted by molar-refractivity contribution is 0.375. The fourth-order valence-electron chi connectivity index (χ4n) is 3.11. The van der Waals surface area contributed by atoms with Crippen molar-refractivity contribution in [3.05, 3.63) is 95.1 Å². The van der Waals surface area contributed by atoms with Gasteiger partial charge in [-0.25, -0.2) is 0 Å². The number of hydrogen-bond donors (Lipinski definition) is 1. The Labute approximate surface area is 169 Å². The zero-order valence-electron chi connectivity index (χ0n) is 16.8. The minimum atomic E-state index is -2.09. The maximum atomic E-state index is 10.5. The van der Waals surface area contributed by atoms with Gasteiger partial charge in [-0.15, -0.1) is 0 Å². The fraction of sp³-hybridized carbons (Fsp3) is 0.250. The largest absolute Gasteiger partial charge is 0.460 e. The average molecular weight is 394 g/mol. The molecule has 0 saturated carbocycles. The summed E-state index contributed by atoms with van der Waals surface area (Å²) >= 11 is 0. The molecule has 1 unspecified atom stereocenters. The van der Waals surface area contributed by atoms with Crippen LogP contribution in [-0.2, 0) is 11.8 Å². The van der Waals surface area contributed by atoms with Crippen molar-refractivity contribution < 1.29 is 13.9 Å². The number of hydrogen-bond acceptors (Lipinski definition) is 3. The van der Waals surface area contributed by atoms with E-state index in [4.69, 9.17) is 9.05 Å². The number of para-hydroxylation sites is 2. The summed E-state index contributed by atoms with van der Waals surface area (Å²) in [6.45, 7) is 8.46. The molecule has 0 saturated heterocycles. The number of benzene rings is 3. The van der Waals surface area contributed by atoms with Gasteiger partial charge >= 0.3 is 8.60 Å². The van der Waals surface area contributed by atoms with Crippen molar-refractivity contribution >= 4 is 8.60 Å². The Balaban J connectivity index is 1.77. The van der Waals surface area contributed by atoms with Crippen LogP contribution in [-0.4, -0.2) is 4.89 Å². The molecule has 0 aromatic heterocycles. The molecule has 0 fully saturated rings. The molecule has 146 valence electrons. The van der Waals surface area contributed by atoms with Gasteiger partial charge in [-0.2, -0.15) is 0 Å². The molecule has 3 nitrogen and oxygen atoms in total. The molecule has 0 radical (unpaired) electrons. The summed E-state index contributed by atoms with van der Waals surface area (Å²) < 4.78 is 11.6. The van der Waals surface area contributed by atoms with E-state index in [1.165, 1.54) is 11.1 Å².